The minimum atomic E-state index is 0.575. The van der Waals surface area contributed by atoms with Gasteiger partial charge in [0.15, 0.2) is 0 Å². The van der Waals surface area contributed by atoms with Crippen LogP contribution < -0.4 is 10.1 Å². The number of hydrogen-bond donors (Lipinski definition) is 1. The van der Waals surface area contributed by atoms with Gasteiger partial charge in [0.1, 0.15) is 11.3 Å². The summed E-state index contributed by atoms with van der Waals surface area (Å²) in [4.78, 5) is 6.98. The van der Waals surface area contributed by atoms with Gasteiger partial charge in [0.05, 0.1) is 15.0 Å². The molecule has 2 aromatic heterocycles. The summed E-state index contributed by atoms with van der Waals surface area (Å²) in [5.41, 5.74) is 2.83. The molecule has 1 unspecified atom stereocenters. The molecule has 156 valence electrons. The molecular weight excluding hydrogens is 468 g/mol. The topological polar surface area (TPSA) is 68.1 Å². The average Bonchev–Trinajstić information content (AvgIpc) is 3.10. The lowest BCUT2D eigenvalue weighted by Gasteiger charge is -2.27. The number of halogens is 2. The van der Waals surface area contributed by atoms with Gasteiger partial charge in [-0.05, 0) is 59.3 Å². The number of benzene rings is 1. The molecule has 4 heterocycles. The minimum Gasteiger partial charge on any atom is -0.437 e. The van der Waals surface area contributed by atoms with Crippen molar-refractivity contribution in [1.29, 1.82) is 0 Å². The van der Waals surface area contributed by atoms with Crippen molar-refractivity contribution in [2.45, 2.75) is 44.4 Å². The lowest BCUT2D eigenvalue weighted by Crippen LogP contribution is -2.43. The SMILES string of the molecule is Clc1cnc(Oc2ccc3c(nnn3CC3CC3)c2Br)c(CN2C[C@H]3CC2CN3)c1. The molecule has 3 aromatic rings. The largest absolute Gasteiger partial charge is 0.437 e. The first-order valence-electron chi connectivity index (χ1n) is 10.5. The molecule has 3 aliphatic rings. The molecular formula is C21H22BrClN6O. The predicted molar refractivity (Wildman–Crippen MR) is 118 cm³/mol. The molecule has 9 heteroatoms. The van der Waals surface area contributed by atoms with Crippen LogP contribution in [0.15, 0.2) is 28.9 Å². The molecule has 2 atom stereocenters. The van der Waals surface area contributed by atoms with Crippen LogP contribution in [0.2, 0.25) is 5.02 Å². The second kappa shape index (κ2) is 7.44. The van der Waals surface area contributed by atoms with E-state index in [1.165, 1.54) is 19.3 Å². The number of aromatic nitrogens is 4. The zero-order chi connectivity index (χ0) is 20.2. The number of likely N-dealkylation sites (tertiary alicyclic amines) is 1. The van der Waals surface area contributed by atoms with E-state index in [2.05, 4.69) is 41.4 Å². The van der Waals surface area contributed by atoms with Gasteiger partial charge in [-0.25, -0.2) is 9.67 Å². The molecule has 2 saturated heterocycles. The number of piperazine rings is 1. The monoisotopic (exact) mass is 488 g/mol. The van der Waals surface area contributed by atoms with Crippen LogP contribution in [0.5, 0.6) is 11.6 Å². The third-order valence-corrected chi connectivity index (χ3v) is 7.33. The highest BCUT2D eigenvalue weighted by atomic mass is 79.9. The number of fused-ring (bicyclic) bond motifs is 3. The smallest absolute Gasteiger partial charge is 0.223 e. The van der Waals surface area contributed by atoms with E-state index in [-0.39, 0.29) is 0 Å². The van der Waals surface area contributed by atoms with Gasteiger partial charge >= 0.3 is 0 Å². The van der Waals surface area contributed by atoms with E-state index in [1.54, 1.807) is 6.20 Å². The van der Waals surface area contributed by atoms with Gasteiger partial charge in [0, 0.05) is 50.0 Å². The van der Waals surface area contributed by atoms with Crippen LogP contribution in [-0.4, -0.2) is 50.1 Å². The average molecular weight is 490 g/mol. The number of nitrogens with zero attached hydrogens (tertiary/aromatic N) is 5. The summed E-state index contributed by atoms with van der Waals surface area (Å²) in [6.45, 7) is 3.81. The summed E-state index contributed by atoms with van der Waals surface area (Å²) in [7, 11) is 0. The fourth-order valence-electron chi connectivity index (χ4n) is 4.58. The quantitative estimate of drug-likeness (QED) is 0.565. The maximum atomic E-state index is 6.26. The molecule has 2 bridgehead atoms. The third-order valence-electron chi connectivity index (χ3n) is 6.36. The van der Waals surface area contributed by atoms with Gasteiger partial charge in [-0.15, -0.1) is 5.10 Å². The Hall–Kier alpha value is -1.74. The van der Waals surface area contributed by atoms with E-state index in [9.17, 15) is 0 Å². The van der Waals surface area contributed by atoms with E-state index in [0.29, 0.717) is 28.7 Å². The highest BCUT2D eigenvalue weighted by molar-refractivity contribution is 9.10. The lowest BCUT2D eigenvalue weighted by atomic mass is 10.2. The molecule has 7 nitrogen and oxygen atoms in total. The van der Waals surface area contributed by atoms with Crippen molar-refractivity contribution in [1.82, 2.24) is 30.2 Å². The van der Waals surface area contributed by atoms with Gasteiger partial charge in [0.2, 0.25) is 5.88 Å². The Morgan fingerprint density at radius 1 is 1.30 bits per heavy atom. The van der Waals surface area contributed by atoms with Crippen molar-refractivity contribution in [2.24, 2.45) is 5.92 Å². The van der Waals surface area contributed by atoms with Crippen LogP contribution >= 0.6 is 27.5 Å². The second-order valence-electron chi connectivity index (χ2n) is 8.60. The molecule has 1 saturated carbocycles. The Balaban J connectivity index is 1.28. The van der Waals surface area contributed by atoms with E-state index in [1.807, 2.05) is 22.9 Å². The maximum absolute atomic E-state index is 6.26. The molecule has 1 aliphatic carbocycles. The van der Waals surface area contributed by atoms with Crippen molar-refractivity contribution < 1.29 is 4.74 Å². The number of rotatable bonds is 6. The predicted octanol–water partition coefficient (Wildman–Crippen LogP) is 3.99. The fourth-order valence-corrected chi connectivity index (χ4v) is 5.26. The molecule has 0 amide bonds. The van der Waals surface area contributed by atoms with Crippen molar-refractivity contribution in [2.75, 3.05) is 13.1 Å². The van der Waals surface area contributed by atoms with Crippen molar-refractivity contribution >= 4 is 38.6 Å². The summed E-state index contributed by atoms with van der Waals surface area (Å²) >= 11 is 9.94. The molecule has 2 aliphatic heterocycles. The Labute approximate surface area is 187 Å². The van der Waals surface area contributed by atoms with E-state index >= 15 is 0 Å². The van der Waals surface area contributed by atoms with Crippen LogP contribution in [0.3, 0.4) is 0 Å². The minimum absolute atomic E-state index is 0.575. The summed E-state index contributed by atoms with van der Waals surface area (Å²) in [5.74, 6) is 2.00. The van der Waals surface area contributed by atoms with Gasteiger partial charge in [-0.2, -0.15) is 0 Å². The summed E-state index contributed by atoms with van der Waals surface area (Å²) in [5, 5.41) is 12.9. The van der Waals surface area contributed by atoms with Gasteiger partial charge < -0.3 is 10.1 Å². The van der Waals surface area contributed by atoms with E-state index < -0.39 is 0 Å². The molecule has 1 aromatic carbocycles. The normalized spacial score (nSPS) is 23.5. The number of pyridine rings is 1. The first kappa shape index (κ1) is 19.0. The Morgan fingerprint density at radius 2 is 2.20 bits per heavy atom. The standard InChI is InChI=1S/C21H22BrClN6O/c22-19-18(4-3-17-20(19)26-27-29(17)9-12-1-2-12)30-21-13(5-14(23)7-25-21)10-28-11-15-6-16(28)8-24-15/h3-5,7,12,15-16,24H,1-2,6,8-11H2/t15-,16?/m1/s1. The van der Waals surface area contributed by atoms with Gasteiger partial charge in [-0.3, -0.25) is 4.90 Å². The molecule has 30 heavy (non-hydrogen) atoms. The van der Waals surface area contributed by atoms with Crippen molar-refractivity contribution in [3.8, 4) is 11.6 Å². The lowest BCUT2D eigenvalue weighted by molar-refractivity contribution is 0.215. The zero-order valence-corrected chi connectivity index (χ0v) is 18.7. The zero-order valence-electron chi connectivity index (χ0n) is 16.4. The van der Waals surface area contributed by atoms with E-state index in [4.69, 9.17) is 16.3 Å². The Morgan fingerprint density at radius 3 is 2.97 bits per heavy atom. The highest BCUT2D eigenvalue weighted by Crippen LogP contribution is 2.38. The van der Waals surface area contributed by atoms with Crippen molar-refractivity contribution in [3.05, 3.63) is 39.5 Å². The fraction of sp³-hybridized carbons (Fsp3) is 0.476. The molecule has 3 fully saturated rings. The van der Waals surface area contributed by atoms with Gasteiger partial charge in [-0.1, -0.05) is 16.8 Å². The van der Waals surface area contributed by atoms with E-state index in [0.717, 1.165) is 53.2 Å². The van der Waals surface area contributed by atoms with Gasteiger partial charge in [0.25, 0.3) is 0 Å². The number of ether oxygens (including phenoxy) is 1. The first-order chi connectivity index (χ1) is 14.6. The Bertz CT molecular complexity index is 1120. The molecule has 0 radical (unpaired) electrons. The number of hydrogen-bond acceptors (Lipinski definition) is 6. The van der Waals surface area contributed by atoms with Crippen LogP contribution in [-0.2, 0) is 13.1 Å². The summed E-state index contributed by atoms with van der Waals surface area (Å²) in [6, 6.07) is 7.12. The highest BCUT2D eigenvalue weighted by Gasteiger charge is 2.37. The summed E-state index contributed by atoms with van der Waals surface area (Å²) < 4.78 is 9.05. The number of nitrogens with one attached hydrogen (secondary N) is 1. The maximum Gasteiger partial charge on any atom is 0.223 e. The van der Waals surface area contributed by atoms with Crippen LogP contribution in [0, 0.1) is 5.92 Å². The summed E-state index contributed by atoms with van der Waals surface area (Å²) in [6.07, 6.45) is 5.41. The first-order valence-corrected chi connectivity index (χ1v) is 11.6. The Kier molecular flexibility index (Phi) is 4.71. The van der Waals surface area contributed by atoms with Crippen molar-refractivity contribution in [3.63, 3.8) is 0 Å². The third kappa shape index (κ3) is 3.49. The molecule has 0 spiro atoms. The van der Waals surface area contributed by atoms with Crippen LogP contribution in [0.25, 0.3) is 11.0 Å². The van der Waals surface area contributed by atoms with Crippen LogP contribution in [0.1, 0.15) is 24.8 Å². The second-order valence-corrected chi connectivity index (χ2v) is 9.83. The van der Waals surface area contributed by atoms with Crippen LogP contribution in [0.4, 0.5) is 0 Å². The molecule has 6 rings (SSSR count). The molecule has 1 N–H and O–H groups in total.